The van der Waals surface area contributed by atoms with E-state index >= 15 is 0 Å². The zero-order valence-electron chi connectivity index (χ0n) is 10.1. The normalized spacial score (nSPS) is 11.8. The molecular formula is C11H11ClFN3O3S. The number of aliphatic hydroxyl groups excluding tert-OH is 1. The molecule has 2 aromatic rings. The van der Waals surface area contributed by atoms with Gasteiger partial charge >= 0.3 is 0 Å². The smallest absolute Gasteiger partial charge is 0.241 e. The van der Waals surface area contributed by atoms with E-state index in [9.17, 15) is 12.8 Å². The van der Waals surface area contributed by atoms with Crippen LogP contribution in [0.3, 0.4) is 0 Å². The minimum atomic E-state index is -3.92. The van der Waals surface area contributed by atoms with Gasteiger partial charge in [-0.1, -0.05) is 11.6 Å². The monoisotopic (exact) mass is 319 g/mol. The van der Waals surface area contributed by atoms with Crippen LogP contribution in [0, 0.1) is 5.82 Å². The second-order valence-electron chi connectivity index (χ2n) is 3.94. The maximum Gasteiger partial charge on any atom is 0.241 e. The van der Waals surface area contributed by atoms with Gasteiger partial charge in [-0.2, -0.15) is 0 Å². The lowest BCUT2D eigenvalue weighted by Gasteiger charge is -2.09. The molecule has 0 unspecified atom stereocenters. The second kappa shape index (κ2) is 5.88. The fourth-order valence-corrected chi connectivity index (χ4v) is 2.76. The predicted octanol–water partition coefficient (Wildman–Crippen LogP) is 1.17. The molecule has 0 aliphatic carbocycles. The third-order valence-electron chi connectivity index (χ3n) is 2.57. The molecule has 1 aromatic heterocycles. The Bertz CT molecular complexity index is 704. The molecular weight excluding hydrogens is 309 g/mol. The van der Waals surface area contributed by atoms with Crippen LogP contribution in [0.4, 0.5) is 4.39 Å². The van der Waals surface area contributed by atoms with Crippen molar-refractivity contribution in [3.8, 4) is 0 Å². The van der Waals surface area contributed by atoms with Gasteiger partial charge in [0.15, 0.2) is 0 Å². The van der Waals surface area contributed by atoms with Crippen molar-refractivity contribution in [2.45, 2.75) is 18.0 Å². The van der Waals surface area contributed by atoms with Crippen molar-refractivity contribution in [2.24, 2.45) is 0 Å². The predicted molar refractivity (Wildman–Crippen MR) is 69.9 cm³/mol. The van der Waals surface area contributed by atoms with Gasteiger partial charge < -0.3 is 10.1 Å². The van der Waals surface area contributed by atoms with E-state index in [1.165, 1.54) is 12.5 Å². The second-order valence-corrected chi connectivity index (χ2v) is 6.08. The van der Waals surface area contributed by atoms with E-state index in [4.69, 9.17) is 16.7 Å². The molecule has 9 heteroatoms. The first kappa shape index (κ1) is 14.9. The summed E-state index contributed by atoms with van der Waals surface area (Å²) in [5, 5.41) is 8.74. The van der Waals surface area contributed by atoms with E-state index in [1.807, 2.05) is 0 Å². The van der Waals surface area contributed by atoms with Gasteiger partial charge in [0.2, 0.25) is 10.0 Å². The lowest BCUT2D eigenvalue weighted by atomic mass is 10.2. The molecule has 0 spiro atoms. The number of benzene rings is 1. The summed E-state index contributed by atoms with van der Waals surface area (Å²) >= 11 is 5.61. The summed E-state index contributed by atoms with van der Waals surface area (Å²) in [4.78, 5) is 6.18. The molecule has 0 aliphatic rings. The Labute approximate surface area is 119 Å². The minimum Gasteiger partial charge on any atom is -0.392 e. The minimum absolute atomic E-state index is 0.00795. The van der Waals surface area contributed by atoms with Crippen LogP contribution in [0.15, 0.2) is 29.6 Å². The summed E-state index contributed by atoms with van der Waals surface area (Å²) in [6.07, 6.45) is 2.87. The van der Waals surface area contributed by atoms with Gasteiger partial charge in [-0.25, -0.2) is 22.5 Å². The standard InChI is InChI=1S/C11H11ClFN3O3S/c12-11-7(5-17)1-9(2-10(11)13)20(18,19)16-4-8-3-14-6-15-8/h1-3,6,16-17H,4-5H2,(H,14,15). The maximum atomic E-state index is 13.5. The fourth-order valence-electron chi connectivity index (χ4n) is 1.53. The molecule has 108 valence electrons. The van der Waals surface area contributed by atoms with Crippen LogP contribution < -0.4 is 4.72 Å². The Kier molecular flexibility index (Phi) is 4.39. The summed E-state index contributed by atoms with van der Waals surface area (Å²) in [7, 11) is -3.92. The zero-order chi connectivity index (χ0) is 14.8. The van der Waals surface area contributed by atoms with Gasteiger partial charge in [-0.3, -0.25) is 0 Å². The number of H-pyrrole nitrogens is 1. The first-order chi connectivity index (χ1) is 9.44. The summed E-state index contributed by atoms with van der Waals surface area (Å²) in [5.74, 6) is -0.903. The maximum absolute atomic E-state index is 13.5. The van der Waals surface area contributed by atoms with Crippen LogP contribution in [0.25, 0.3) is 0 Å². The van der Waals surface area contributed by atoms with Crippen molar-refractivity contribution in [3.05, 3.63) is 46.8 Å². The number of sulfonamides is 1. The van der Waals surface area contributed by atoms with E-state index in [0.29, 0.717) is 5.69 Å². The lowest BCUT2D eigenvalue weighted by Crippen LogP contribution is -2.23. The fraction of sp³-hybridized carbons (Fsp3) is 0.182. The highest BCUT2D eigenvalue weighted by Gasteiger charge is 2.18. The summed E-state index contributed by atoms with van der Waals surface area (Å²) in [6.45, 7) is -0.569. The van der Waals surface area contributed by atoms with Crippen LogP contribution in [-0.4, -0.2) is 23.5 Å². The van der Waals surface area contributed by atoms with Crippen molar-refractivity contribution in [2.75, 3.05) is 0 Å². The number of aromatic amines is 1. The van der Waals surface area contributed by atoms with Gasteiger partial charge in [0.1, 0.15) is 5.82 Å². The number of nitrogens with one attached hydrogen (secondary N) is 2. The van der Waals surface area contributed by atoms with Gasteiger partial charge in [-0.05, 0) is 12.1 Å². The summed E-state index contributed by atoms with van der Waals surface area (Å²) in [5.41, 5.74) is 0.568. The third kappa shape index (κ3) is 3.15. The third-order valence-corrected chi connectivity index (χ3v) is 4.37. The molecule has 0 fully saturated rings. The molecule has 0 bridgehead atoms. The highest BCUT2D eigenvalue weighted by atomic mass is 35.5. The largest absolute Gasteiger partial charge is 0.392 e. The molecule has 20 heavy (non-hydrogen) atoms. The van der Waals surface area contributed by atoms with E-state index < -0.39 is 22.4 Å². The zero-order valence-corrected chi connectivity index (χ0v) is 11.7. The number of nitrogens with zero attached hydrogens (tertiary/aromatic N) is 1. The van der Waals surface area contributed by atoms with Crippen LogP contribution >= 0.6 is 11.6 Å². The number of hydrogen-bond acceptors (Lipinski definition) is 4. The Morgan fingerprint density at radius 1 is 1.45 bits per heavy atom. The topological polar surface area (TPSA) is 95.1 Å². The van der Waals surface area contributed by atoms with Crippen molar-refractivity contribution in [3.63, 3.8) is 0 Å². The van der Waals surface area contributed by atoms with Crippen molar-refractivity contribution in [1.29, 1.82) is 0 Å². The van der Waals surface area contributed by atoms with E-state index in [2.05, 4.69) is 14.7 Å². The van der Waals surface area contributed by atoms with Crippen molar-refractivity contribution >= 4 is 21.6 Å². The summed E-state index contributed by atoms with van der Waals surface area (Å²) < 4.78 is 39.8. The van der Waals surface area contributed by atoms with Crippen LogP contribution in [-0.2, 0) is 23.2 Å². The van der Waals surface area contributed by atoms with Gasteiger partial charge in [0.05, 0.1) is 29.4 Å². The molecule has 0 atom stereocenters. The molecule has 0 aliphatic heterocycles. The van der Waals surface area contributed by atoms with Gasteiger partial charge in [0, 0.05) is 17.5 Å². The number of rotatable bonds is 5. The van der Waals surface area contributed by atoms with E-state index in [0.717, 1.165) is 12.1 Å². The Hall–Kier alpha value is -1.48. The lowest BCUT2D eigenvalue weighted by molar-refractivity contribution is 0.281. The molecule has 3 N–H and O–H groups in total. The SMILES string of the molecule is O=S(=O)(NCc1cnc[nH]1)c1cc(F)c(Cl)c(CO)c1. The van der Waals surface area contributed by atoms with Crippen LogP contribution in [0.5, 0.6) is 0 Å². The number of imidazole rings is 1. The average Bonchev–Trinajstić information content (AvgIpc) is 2.92. The van der Waals surface area contributed by atoms with Crippen LogP contribution in [0.2, 0.25) is 5.02 Å². The Morgan fingerprint density at radius 3 is 2.80 bits per heavy atom. The number of hydrogen-bond donors (Lipinski definition) is 3. The van der Waals surface area contributed by atoms with Gasteiger partial charge in [0.25, 0.3) is 0 Å². The Balaban J connectivity index is 2.27. The average molecular weight is 320 g/mol. The molecule has 0 saturated heterocycles. The highest BCUT2D eigenvalue weighted by Crippen LogP contribution is 2.24. The van der Waals surface area contributed by atoms with Crippen molar-refractivity contribution in [1.82, 2.24) is 14.7 Å². The molecule has 0 saturated carbocycles. The summed E-state index contributed by atoms with van der Waals surface area (Å²) in [6, 6.07) is 1.93. The van der Waals surface area contributed by atoms with Crippen molar-refractivity contribution < 1.29 is 17.9 Å². The number of aromatic nitrogens is 2. The molecule has 1 heterocycles. The van der Waals surface area contributed by atoms with E-state index in [1.54, 1.807) is 0 Å². The number of aliphatic hydroxyl groups is 1. The van der Waals surface area contributed by atoms with Gasteiger partial charge in [-0.15, -0.1) is 0 Å². The molecule has 2 rings (SSSR count). The first-order valence-corrected chi connectivity index (χ1v) is 7.36. The first-order valence-electron chi connectivity index (χ1n) is 5.49. The molecule has 0 amide bonds. The molecule has 0 radical (unpaired) electrons. The highest BCUT2D eigenvalue weighted by molar-refractivity contribution is 7.89. The number of halogens is 2. The molecule has 6 nitrogen and oxygen atoms in total. The van der Waals surface area contributed by atoms with E-state index in [-0.39, 0.29) is 22.0 Å². The quantitative estimate of drug-likeness (QED) is 0.771. The molecule has 1 aromatic carbocycles. The van der Waals surface area contributed by atoms with Crippen LogP contribution in [0.1, 0.15) is 11.3 Å². The Morgan fingerprint density at radius 2 is 2.20 bits per heavy atom.